The smallest absolute Gasteiger partial charge is 0.330 e. The zero-order valence-electron chi connectivity index (χ0n) is 13.8. The molecule has 0 radical (unpaired) electrons. The molecule has 134 valence electrons. The summed E-state index contributed by atoms with van der Waals surface area (Å²) in [6.45, 7) is 3.28. The van der Waals surface area contributed by atoms with E-state index in [4.69, 9.17) is 4.74 Å². The van der Waals surface area contributed by atoms with Gasteiger partial charge < -0.3 is 20.1 Å². The van der Waals surface area contributed by atoms with Gasteiger partial charge in [-0.25, -0.2) is 4.79 Å². The normalized spacial score (nSPS) is 26.1. The van der Waals surface area contributed by atoms with Crippen molar-refractivity contribution in [1.82, 2.24) is 9.55 Å². The van der Waals surface area contributed by atoms with Gasteiger partial charge in [0.15, 0.2) is 6.23 Å². The summed E-state index contributed by atoms with van der Waals surface area (Å²) in [5.74, 6) is 0. The van der Waals surface area contributed by atoms with Crippen molar-refractivity contribution in [2.75, 3.05) is 6.61 Å². The first-order chi connectivity index (χ1) is 11.8. The van der Waals surface area contributed by atoms with Crippen molar-refractivity contribution >= 4 is 0 Å². The fraction of sp³-hybridized carbons (Fsp3) is 0.412. The number of aryl methyl sites for hydroxylation is 2. The van der Waals surface area contributed by atoms with Crippen LogP contribution in [0.2, 0.25) is 0 Å². The van der Waals surface area contributed by atoms with Gasteiger partial charge >= 0.3 is 5.69 Å². The number of hydrogen-bond acceptors (Lipinski definition) is 6. The molecule has 0 spiro atoms. The average molecular weight is 348 g/mol. The Bertz CT molecular complexity index is 903. The Morgan fingerprint density at radius 1 is 1.16 bits per heavy atom. The molecule has 1 saturated heterocycles. The van der Waals surface area contributed by atoms with Crippen molar-refractivity contribution in [3.63, 3.8) is 0 Å². The number of aromatic amines is 1. The molecule has 2 aromatic rings. The number of hydrogen-bond donors (Lipinski definition) is 4. The molecule has 1 aliphatic rings. The Balaban J connectivity index is 2.11. The van der Waals surface area contributed by atoms with E-state index in [0.29, 0.717) is 5.56 Å². The van der Waals surface area contributed by atoms with Crippen LogP contribution in [0.25, 0.3) is 11.1 Å². The molecule has 1 aromatic heterocycles. The number of aromatic nitrogens is 2. The number of nitrogens with zero attached hydrogens (tertiary/aromatic N) is 1. The highest BCUT2D eigenvalue weighted by Gasteiger charge is 2.43. The zero-order chi connectivity index (χ0) is 18.3. The third kappa shape index (κ3) is 3.05. The van der Waals surface area contributed by atoms with Crippen molar-refractivity contribution < 1.29 is 20.1 Å². The van der Waals surface area contributed by atoms with Gasteiger partial charge in [-0.1, -0.05) is 23.8 Å². The van der Waals surface area contributed by atoms with Crippen LogP contribution in [0.1, 0.15) is 17.4 Å². The Labute approximate surface area is 143 Å². The second-order valence-corrected chi connectivity index (χ2v) is 6.26. The molecule has 8 heteroatoms. The molecule has 0 saturated carbocycles. The Morgan fingerprint density at radius 2 is 1.88 bits per heavy atom. The maximum atomic E-state index is 12.2. The summed E-state index contributed by atoms with van der Waals surface area (Å²) in [5.41, 5.74) is 1.46. The van der Waals surface area contributed by atoms with Crippen molar-refractivity contribution in [2.45, 2.75) is 38.4 Å². The Kier molecular flexibility index (Phi) is 4.61. The van der Waals surface area contributed by atoms with E-state index in [1.807, 2.05) is 26.0 Å². The first kappa shape index (κ1) is 17.6. The first-order valence-electron chi connectivity index (χ1n) is 7.89. The summed E-state index contributed by atoms with van der Waals surface area (Å²) >= 11 is 0. The highest BCUT2D eigenvalue weighted by atomic mass is 16.6. The van der Waals surface area contributed by atoms with E-state index < -0.39 is 42.4 Å². The summed E-state index contributed by atoms with van der Waals surface area (Å²) in [6, 6.07) is 5.54. The predicted octanol–water partition coefficient (Wildman–Crippen LogP) is -0.568. The van der Waals surface area contributed by atoms with Gasteiger partial charge in [0.2, 0.25) is 0 Å². The summed E-state index contributed by atoms with van der Waals surface area (Å²) in [6.07, 6.45) is -3.66. The van der Waals surface area contributed by atoms with Crippen LogP contribution >= 0.6 is 0 Å². The standard InChI is InChI=1S/C17H20N2O6/c1-8-3-4-10(9(2)5-8)11-6-19(17(24)18-15(11)23)16-14(22)13(21)12(7-20)25-16/h3-6,12-14,16,20-22H,7H2,1-2H3,(H,18,23,24)/t12-,13-,14-,16-/m1/s1. The van der Waals surface area contributed by atoms with Gasteiger partial charge in [-0.05, 0) is 25.0 Å². The highest BCUT2D eigenvalue weighted by molar-refractivity contribution is 5.65. The third-order valence-corrected chi connectivity index (χ3v) is 4.43. The number of aliphatic hydroxyl groups excluding tert-OH is 3. The summed E-state index contributed by atoms with van der Waals surface area (Å²) < 4.78 is 6.40. The number of H-pyrrole nitrogens is 1. The Morgan fingerprint density at radius 3 is 2.48 bits per heavy atom. The van der Waals surface area contributed by atoms with E-state index in [0.717, 1.165) is 15.7 Å². The van der Waals surface area contributed by atoms with Crippen LogP contribution in [0.15, 0.2) is 34.0 Å². The molecule has 1 aromatic carbocycles. The second-order valence-electron chi connectivity index (χ2n) is 6.26. The molecule has 0 aliphatic carbocycles. The summed E-state index contributed by atoms with van der Waals surface area (Å²) in [4.78, 5) is 26.6. The molecule has 1 fully saturated rings. The van der Waals surface area contributed by atoms with E-state index >= 15 is 0 Å². The quantitative estimate of drug-likeness (QED) is 0.589. The third-order valence-electron chi connectivity index (χ3n) is 4.43. The molecule has 0 bridgehead atoms. The van der Waals surface area contributed by atoms with Crippen molar-refractivity contribution in [3.05, 3.63) is 56.4 Å². The second kappa shape index (κ2) is 6.57. The monoisotopic (exact) mass is 348 g/mol. The van der Waals surface area contributed by atoms with Crippen molar-refractivity contribution in [2.24, 2.45) is 0 Å². The fourth-order valence-corrected chi connectivity index (χ4v) is 3.09. The number of benzene rings is 1. The molecule has 8 nitrogen and oxygen atoms in total. The predicted molar refractivity (Wildman–Crippen MR) is 89.2 cm³/mol. The van der Waals surface area contributed by atoms with Crippen molar-refractivity contribution in [3.8, 4) is 11.1 Å². The maximum absolute atomic E-state index is 12.2. The number of aliphatic hydroxyl groups is 3. The zero-order valence-corrected chi connectivity index (χ0v) is 13.8. The largest absolute Gasteiger partial charge is 0.394 e. The molecular weight excluding hydrogens is 328 g/mol. The van der Waals surface area contributed by atoms with Crippen molar-refractivity contribution in [1.29, 1.82) is 0 Å². The lowest BCUT2D eigenvalue weighted by Gasteiger charge is -2.18. The molecule has 25 heavy (non-hydrogen) atoms. The minimum absolute atomic E-state index is 0.245. The number of ether oxygens (including phenoxy) is 1. The lowest BCUT2D eigenvalue weighted by molar-refractivity contribution is -0.0549. The van der Waals surface area contributed by atoms with E-state index in [2.05, 4.69) is 4.98 Å². The Hall–Kier alpha value is -2.26. The highest BCUT2D eigenvalue weighted by Crippen LogP contribution is 2.29. The lowest BCUT2D eigenvalue weighted by Crippen LogP contribution is -2.38. The molecule has 2 heterocycles. The molecule has 0 amide bonds. The van der Waals surface area contributed by atoms with Crippen LogP contribution in [0.3, 0.4) is 0 Å². The topological polar surface area (TPSA) is 125 Å². The number of nitrogens with one attached hydrogen (secondary N) is 1. The van der Waals surface area contributed by atoms with Gasteiger partial charge in [-0.3, -0.25) is 14.3 Å². The van der Waals surface area contributed by atoms with Crippen LogP contribution in [-0.4, -0.2) is 49.8 Å². The molecule has 3 rings (SSSR count). The van der Waals surface area contributed by atoms with Gasteiger partial charge in [0.1, 0.15) is 18.3 Å². The first-order valence-corrected chi connectivity index (χ1v) is 7.89. The van der Waals surface area contributed by atoms with Crippen LogP contribution in [-0.2, 0) is 4.74 Å². The SMILES string of the molecule is Cc1ccc(-c2cn([C@@H]3O[C@H](CO)[C@@H](O)[C@H]3O)c(=O)[nH]c2=O)c(C)c1. The fourth-order valence-electron chi connectivity index (χ4n) is 3.09. The molecule has 4 atom stereocenters. The molecule has 0 unspecified atom stereocenters. The summed E-state index contributed by atoms with van der Waals surface area (Å²) in [5, 5.41) is 29.2. The number of rotatable bonds is 3. The molecule has 4 N–H and O–H groups in total. The minimum Gasteiger partial charge on any atom is -0.394 e. The van der Waals surface area contributed by atoms with Gasteiger partial charge in [0.25, 0.3) is 5.56 Å². The van der Waals surface area contributed by atoms with Crippen LogP contribution in [0.4, 0.5) is 0 Å². The lowest BCUT2D eigenvalue weighted by atomic mass is 10.0. The van der Waals surface area contributed by atoms with E-state index in [9.17, 15) is 24.9 Å². The average Bonchev–Trinajstić information content (AvgIpc) is 2.84. The van der Waals surface area contributed by atoms with Gasteiger partial charge in [-0.15, -0.1) is 0 Å². The van der Waals surface area contributed by atoms with E-state index in [1.54, 1.807) is 6.07 Å². The maximum Gasteiger partial charge on any atom is 0.330 e. The van der Waals surface area contributed by atoms with Crippen LogP contribution in [0, 0.1) is 13.8 Å². The van der Waals surface area contributed by atoms with Gasteiger partial charge in [-0.2, -0.15) is 0 Å². The van der Waals surface area contributed by atoms with Crippen LogP contribution in [0.5, 0.6) is 0 Å². The summed E-state index contributed by atoms with van der Waals surface area (Å²) in [7, 11) is 0. The van der Waals surface area contributed by atoms with E-state index in [-0.39, 0.29) is 5.56 Å². The molecular formula is C17H20N2O6. The van der Waals surface area contributed by atoms with Gasteiger partial charge in [0, 0.05) is 6.20 Å². The minimum atomic E-state index is -1.41. The van der Waals surface area contributed by atoms with E-state index in [1.165, 1.54) is 6.20 Å². The van der Waals surface area contributed by atoms with Crippen LogP contribution < -0.4 is 11.2 Å². The van der Waals surface area contributed by atoms with Gasteiger partial charge in [0.05, 0.1) is 12.2 Å². The molecule has 1 aliphatic heterocycles.